The van der Waals surface area contributed by atoms with E-state index in [-0.39, 0.29) is 22.2 Å². The second-order valence-electron chi connectivity index (χ2n) is 3.66. The van der Waals surface area contributed by atoms with Gasteiger partial charge in [-0.1, -0.05) is 12.2 Å². The fourth-order valence-corrected chi connectivity index (χ4v) is 1.51. The lowest BCUT2D eigenvalue weighted by Crippen LogP contribution is -2.36. The average molecular weight is 270 g/mol. The Labute approximate surface area is 110 Å². The van der Waals surface area contributed by atoms with Crippen LogP contribution >= 0.6 is 12.2 Å². The molecule has 1 atom stereocenters. The summed E-state index contributed by atoms with van der Waals surface area (Å²) in [7, 11) is 0. The molecule has 1 amide bonds. The van der Waals surface area contributed by atoms with E-state index in [4.69, 9.17) is 10.5 Å². The summed E-state index contributed by atoms with van der Waals surface area (Å²) in [5.74, 6) is -0.564. The molecule has 4 nitrogen and oxygen atoms in total. The lowest BCUT2D eigenvalue weighted by atomic mass is 10.2. The molecule has 0 spiro atoms. The van der Waals surface area contributed by atoms with Gasteiger partial charge in [-0.15, -0.1) is 0 Å². The van der Waals surface area contributed by atoms with Crippen molar-refractivity contribution in [1.82, 2.24) is 5.32 Å². The molecule has 1 aromatic carbocycles. The summed E-state index contributed by atoms with van der Waals surface area (Å²) < 4.78 is 18.9. The van der Waals surface area contributed by atoms with Crippen molar-refractivity contribution in [2.45, 2.75) is 20.0 Å². The van der Waals surface area contributed by atoms with Gasteiger partial charge in [0.25, 0.3) is 5.91 Å². The molecule has 98 valence electrons. The molecule has 0 bridgehead atoms. The predicted molar refractivity (Wildman–Crippen MR) is 71.1 cm³/mol. The first-order chi connectivity index (χ1) is 8.45. The normalized spacial score (nSPS) is 11.7. The van der Waals surface area contributed by atoms with Gasteiger partial charge in [0.15, 0.2) is 6.10 Å². The van der Waals surface area contributed by atoms with E-state index in [9.17, 15) is 9.18 Å². The number of hydrogen-bond donors (Lipinski definition) is 2. The highest BCUT2D eigenvalue weighted by molar-refractivity contribution is 7.80. The first kappa shape index (κ1) is 14.4. The number of amides is 1. The van der Waals surface area contributed by atoms with Crippen molar-refractivity contribution >= 4 is 23.1 Å². The lowest BCUT2D eigenvalue weighted by Gasteiger charge is -2.14. The number of benzene rings is 1. The van der Waals surface area contributed by atoms with Gasteiger partial charge in [-0.2, -0.15) is 0 Å². The molecule has 3 N–H and O–H groups in total. The maximum atomic E-state index is 13.6. The molecule has 18 heavy (non-hydrogen) atoms. The van der Waals surface area contributed by atoms with Crippen LogP contribution < -0.4 is 15.8 Å². The van der Waals surface area contributed by atoms with E-state index >= 15 is 0 Å². The van der Waals surface area contributed by atoms with Crippen LogP contribution in [-0.4, -0.2) is 23.5 Å². The number of thiocarbonyl (C=S) groups is 1. The van der Waals surface area contributed by atoms with Crippen LogP contribution in [-0.2, 0) is 4.79 Å². The number of rotatable bonds is 5. The summed E-state index contributed by atoms with van der Waals surface area (Å²) in [5, 5.41) is 2.61. The second kappa shape index (κ2) is 6.30. The number of carbonyl (C=O) groups excluding carboxylic acids is 1. The Kier molecular flexibility index (Phi) is 5.03. The van der Waals surface area contributed by atoms with Crippen LogP contribution in [0.5, 0.6) is 5.75 Å². The molecule has 1 rings (SSSR count). The van der Waals surface area contributed by atoms with Crippen LogP contribution in [0.2, 0.25) is 0 Å². The van der Waals surface area contributed by atoms with E-state index in [0.29, 0.717) is 6.54 Å². The number of nitrogens with one attached hydrogen (secondary N) is 1. The van der Waals surface area contributed by atoms with Gasteiger partial charge in [0.2, 0.25) is 0 Å². The molecule has 0 aliphatic heterocycles. The highest BCUT2D eigenvalue weighted by Gasteiger charge is 2.14. The molecule has 0 aliphatic carbocycles. The molecular weight excluding hydrogens is 255 g/mol. The Morgan fingerprint density at radius 2 is 2.28 bits per heavy atom. The van der Waals surface area contributed by atoms with Gasteiger partial charge >= 0.3 is 0 Å². The lowest BCUT2D eigenvalue weighted by molar-refractivity contribution is -0.127. The number of hydrogen-bond acceptors (Lipinski definition) is 3. The van der Waals surface area contributed by atoms with Gasteiger partial charge in [0.05, 0.1) is 0 Å². The van der Waals surface area contributed by atoms with E-state index in [1.165, 1.54) is 12.1 Å². The highest BCUT2D eigenvalue weighted by atomic mass is 32.1. The van der Waals surface area contributed by atoms with Gasteiger partial charge in [0, 0.05) is 18.2 Å². The van der Waals surface area contributed by atoms with Gasteiger partial charge < -0.3 is 15.8 Å². The maximum Gasteiger partial charge on any atom is 0.260 e. The second-order valence-corrected chi connectivity index (χ2v) is 4.10. The largest absolute Gasteiger partial charge is 0.481 e. The maximum absolute atomic E-state index is 13.6. The van der Waals surface area contributed by atoms with E-state index < -0.39 is 11.9 Å². The smallest absolute Gasteiger partial charge is 0.260 e. The van der Waals surface area contributed by atoms with Crippen molar-refractivity contribution in [3.05, 3.63) is 29.6 Å². The Morgan fingerprint density at radius 3 is 2.78 bits per heavy atom. The molecule has 0 radical (unpaired) electrons. The Bertz CT molecular complexity index is 465. The summed E-state index contributed by atoms with van der Waals surface area (Å²) in [4.78, 5) is 11.4. The van der Waals surface area contributed by atoms with Crippen LogP contribution in [0, 0.1) is 5.82 Å². The molecule has 0 aliphatic rings. The molecule has 1 aromatic rings. The fourth-order valence-electron chi connectivity index (χ4n) is 1.34. The van der Waals surface area contributed by atoms with Gasteiger partial charge in [-0.3, -0.25) is 4.79 Å². The summed E-state index contributed by atoms with van der Waals surface area (Å²) in [6.07, 6.45) is -0.694. The minimum absolute atomic E-state index is 0.0178. The third-order valence-corrected chi connectivity index (χ3v) is 2.46. The Morgan fingerprint density at radius 1 is 1.61 bits per heavy atom. The van der Waals surface area contributed by atoms with E-state index in [2.05, 4.69) is 17.5 Å². The van der Waals surface area contributed by atoms with Crippen LogP contribution in [0.15, 0.2) is 18.2 Å². The third-order valence-electron chi connectivity index (χ3n) is 2.24. The Balaban J connectivity index is 2.77. The van der Waals surface area contributed by atoms with E-state index in [0.717, 1.165) is 6.07 Å². The zero-order valence-electron chi connectivity index (χ0n) is 10.2. The van der Waals surface area contributed by atoms with Crippen molar-refractivity contribution in [3.63, 3.8) is 0 Å². The van der Waals surface area contributed by atoms with Crippen LogP contribution in [0.3, 0.4) is 0 Å². The Hall–Kier alpha value is -1.69. The van der Waals surface area contributed by atoms with Gasteiger partial charge in [0.1, 0.15) is 16.6 Å². The number of ether oxygens (including phenoxy) is 1. The molecule has 0 heterocycles. The number of likely N-dealkylation sites (N-methyl/N-ethyl adjacent to an activating group) is 1. The summed E-state index contributed by atoms with van der Waals surface area (Å²) in [5.41, 5.74) is 5.50. The van der Waals surface area contributed by atoms with Crippen molar-refractivity contribution < 1.29 is 13.9 Å². The van der Waals surface area contributed by atoms with Crippen molar-refractivity contribution in [3.8, 4) is 5.75 Å². The topological polar surface area (TPSA) is 64.3 Å². The molecule has 0 saturated carbocycles. The molecule has 1 unspecified atom stereocenters. The monoisotopic (exact) mass is 270 g/mol. The molecule has 6 heteroatoms. The molecule has 0 saturated heterocycles. The molecular formula is C12H15FN2O2S. The van der Waals surface area contributed by atoms with Crippen molar-refractivity contribution in [2.75, 3.05) is 6.54 Å². The average Bonchev–Trinajstić information content (AvgIpc) is 2.28. The van der Waals surface area contributed by atoms with E-state index in [1.807, 2.05) is 0 Å². The summed E-state index contributed by atoms with van der Waals surface area (Å²) >= 11 is 4.69. The van der Waals surface area contributed by atoms with Gasteiger partial charge in [-0.05, 0) is 26.0 Å². The molecule has 0 aromatic heterocycles. The quantitative estimate of drug-likeness (QED) is 0.793. The fraction of sp³-hybridized carbons (Fsp3) is 0.333. The minimum atomic E-state index is -0.694. The highest BCUT2D eigenvalue weighted by Crippen LogP contribution is 2.17. The minimum Gasteiger partial charge on any atom is -0.481 e. The third kappa shape index (κ3) is 3.66. The van der Waals surface area contributed by atoms with Gasteiger partial charge in [-0.25, -0.2) is 4.39 Å². The van der Waals surface area contributed by atoms with Crippen LogP contribution in [0.4, 0.5) is 4.39 Å². The van der Waals surface area contributed by atoms with Crippen molar-refractivity contribution in [1.29, 1.82) is 0 Å². The first-order valence-electron chi connectivity index (χ1n) is 5.49. The van der Waals surface area contributed by atoms with Crippen LogP contribution in [0.1, 0.15) is 19.4 Å². The molecule has 0 fully saturated rings. The standard InChI is InChI=1S/C12H15FN2O2S/c1-3-15-12(16)7(2)17-8-4-5-9(11(14)18)10(13)6-8/h4-7H,3H2,1-2H3,(H2,14,18)(H,15,16). The SMILES string of the molecule is CCNC(=O)C(C)Oc1ccc(C(N)=S)c(F)c1. The van der Waals surface area contributed by atoms with Crippen LogP contribution in [0.25, 0.3) is 0 Å². The summed E-state index contributed by atoms with van der Waals surface area (Å²) in [6.45, 7) is 3.91. The number of carbonyl (C=O) groups is 1. The zero-order valence-corrected chi connectivity index (χ0v) is 11.0. The van der Waals surface area contributed by atoms with E-state index in [1.54, 1.807) is 13.8 Å². The number of nitrogens with two attached hydrogens (primary N) is 1. The first-order valence-corrected chi connectivity index (χ1v) is 5.90. The van der Waals surface area contributed by atoms with Crippen molar-refractivity contribution in [2.24, 2.45) is 5.73 Å². The predicted octanol–water partition coefficient (Wildman–Crippen LogP) is 1.36. The number of halogens is 1. The zero-order chi connectivity index (χ0) is 13.7. The summed E-state index contributed by atoms with van der Waals surface area (Å²) in [6, 6.07) is 4.11.